The summed E-state index contributed by atoms with van der Waals surface area (Å²) in [6.45, 7) is 3.24. The summed E-state index contributed by atoms with van der Waals surface area (Å²) in [7, 11) is 0. The average molecular weight is 264 g/mol. The van der Waals surface area contributed by atoms with Gasteiger partial charge in [-0.1, -0.05) is 6.07 Å². The van der Waals surface area contributed by atoms with Gasteiger partial charge in [-0.15, -0.1) is 0 Å². The second kappa shape index (κ2) is 5.26. The average Bonchev–Trinajstić information content (AvgIpc) is 2.35. The van der Waals surface area contributed by atoms with Gasteiger partial charge in [0.15, 0.2) is 0 Å². The molecule has 1 atom stereocenters. The predicted molar refractivity (Wildman–Crippen MR) is 68.0 cm³/mol. The number of hydrogen-bond acceptors (Lipinski definition) is 4. The highest BCUT2D eigenvalue weighted by Crippen LogP contribution is 2.29. The maximum Gasteiger partial charge on any atom is 0.413 e. The summed E-state index contributed by atoms with van der Waals surface area (Å²) in [4.78, 5) is 27.7. The van der Waals surface area contributed by atoms with Crippen LogP contribution in [0.3, 0.4) is 0 Å². The maximum absolute atomic E-state index is 11.3. The molecular weight excluding hydrogens is 248 g/mol. The molecule has 1 aliphatic rings. The van der Waals surface area contributed by atoms with Crippen molar-refractivity contribution in [1.82, 2.24) is 4.98 Å². The van der Waals surface area contributed by atoms with Crippen molar-refractivity contribution in [2.45, 2.75) is 39.3 Å². The first-order valence-electron chi connectivity index (χ1n) is 6.13. The molecule has 6 heteroatoms. The van der Waals surface area contributed by atoms with Gasteiger partial charge in [0.25, 0.3) is 0 Å². The third kappa shape index (κ3) is 2.83. The van der Waals surface area contributed by atoms with Crippen LogP contribution in [0.15, 0.2) is 12.1 Å². The Kier molecular flexibility index (Phi) is 3.69. The van der Waals surface area contributed by atoms with E-state index in [-0.39, 0.29) is 18.6 Å². The smallest absolute Gasteiger partial charge is 0.413 e. The highest BCUT2D eigenvalue weighted by Gasteiger charge is 2.29. The highest BCUT2D eigenvalue weighted by atomic mass is 16.5. The fraction of sp³-hybridized carbons (Fsp3) is 0.462. The molecule has 1 aromatic rings. The zero-order chi connectivity index (χ0) is 14.0. The van der Waals surface area contributed by atoms with Gasteiger partial charge in [0, 0.05) is 13.0 Å². The monoisotopic (exact) mass is 264 g/mol. The number of carbonyl (C=O) groups is 2. The third-order valence-corrected chi connectivity index (χ3v) is 3.14. The van der Waals surface area contributed by atoms with Crippen LogP contribution in [0.1, 0.15) is 31.5 Å². The van der Waals surface area contributed by atoms with E-state index in [1.165, 1.54) is 11.8 Å². The van der Waals surface area contributed by atoms with Crippen molar-refractivity contribution in [2.24, 2.45) is 0 Å². The van der Waals surface area contributed by atoms with Gasteiger partial charge in [0.1, 0.15) is 12.4 Å². The van der Waals surface area contributed by atoms with Crippen molar-refractivity contribution in [1.29, 1.82) is 0 Å². The Hall–Kier alpha value is -2.11. The number of esters is 1. The van der Waals surface area contributed by atoms with Gasteiger partial charge in [-0.05, 0) is 31.4 Å². The lowest BCUT2D eigenvalue weighted by molar-refractivity contribution is -0.142. The van der Waals surface area contributed by atoms with Crippen molar-refractivity contribution >= 4 is 17.9 Å². The van der Waals surface area contributed by atoms with Crippen molar-refractivity contribution in [3.8, 4) is 0 Å². The second-order valence-electron chi connectivity index (χ2n) is 4.61. The van der Waals surface area contributed by atoms with Gasteiger partial charge in [0.2, 0.25) is 0 Å². The van der Waals surface area contributed by atoms with Crippen molar-refractivity contribution in [3.63, 3.8) is 0 Å². The number of fused-ring (bicyclic) bond motifs is 1. The summed E-state index contributed by atoms with van der Waals surface area (Å²) in [5.74, 6) is 0.0684. The molecule has 1 unspecified atom stereocenters. The van der Waals surface area contributed by atoms with Gasteiger partial charge in [-0.25, -0.2) is 9.78 Å². The minimum absolute atomic E-state index is 0.0600. The lowest BCUT2D eigenvalue weighted by Gasteiger charge is -2.32. The fourth-order valence-corrected chi connectivity index (χ4v) is 2.16. The number of rotatable bonds is 2. The number of aryl methyl sites for hydroxylation is 1. The number of nitrogens with zero attached hydrogens (tertiary/aromatic N) is 2. The molecule has 1 N–H and O–H groups in total. The number of carbonyl (C=O) groups excluding carboxylic acids is 1. The molecule has 0 bridgehead atoms. The summed E-state index contributed by atoms with van der Waals surface area (Å²) in [6.07, 6.45) is 0.580. The zero-order valence-electron chi connectivity index (χ0n) is 10.9. The van der Waals surface area contributed by atoms with E-state index >= 15 is 0 Å². The summed E-state index contributed by atoms with van der Waals surface area (Å²) in [5, 5.41) is 9.27. The van der Waals surface area contributed by atoms with Crippen LogP contribution in [0, 0.1) is 0 Å². The van der Waals surface area contributed by atoms with Gasteiger partial charge in [0.05, 0.1) is 5.69 Å². The Morgan fingerprint density at radius 2 is 2.26 bits per heavy atom. The van der Waals surface area contributed by atoms with Crippen molar-refractivity contribution in [2.75, 3.05) is 4.90 Å². The fourth-order valence-electron chi connectivity index (χ4n) is 2.16. The summed E-state index contributed by atoms with van der Waals surface area (Å²) < 4.78 is 4.87. The van der Waals surface area contributed by atoms with Gasteiger partial charge < -0.3 is 9.84 Å². The van der Waals surface area contributed by atoms with Crippen LogP contribution in [0.25, 0.3) is 0 Å². The summed E-state index contributed by atoms with van der Waals surface area (Å²) in [6, 6.07) is 3.52. The van der Waals surface area contributed by atoms with Crippen molar-refractivity contribution < 1.29 is 19.4 Å². The van der Waals surface area contributed by atoms with E-state index in [4.69, 9.17) is 4.74 Å². The van der Waals surface area contributed by atoms with Gasteiger partial charge in [-0.3, -0.25) is 9.69 Å². The molecule has 19 heavy (non-hydrogen) atoms. The second-order valence-corrected chi connectivity index (χ2v) is 4.61. The minimum Gasteiger partial charge on any atom is -0.465 e. The van der Waals surface area contributed by atoms with E-state index in [1.807, 2.05) is 13.0 Å². The SMILES string of the molecule is CC(=O)OCc1ccc2c(n1)N(C(=O)O)C(C)CC2. The number of amides is 1. The third-order valence-electron chi connectivity index (χ3n) is 3.14. The van der Waals surface area contributed by atoms with Gasteiger partial charge in [-0.2, -0.15) is 0 Å². The normalized spacial score (nSPS) is 17.8. The number of hydrogen-bond donors (Lipinski definition) is 1. The molecule has 102 valence electrons. The quantitative estimate of drug-likeness (QED) is 0.826. The Bertz CT molecular complexity index is 515. The number of pyridine rings is 1. The van der Waals surface area contributed by atoms with E-state index in [0.717, 1.165) is 18.4 Å². The largest absolute Gasteiger partial charge is 0.465 e. The molecule has 0 saturated carbocycles. The summed E-state index contributed by atoms with van der Waals surface area (Å²) in [5.41, 5.74) is 1.46. The lowest BCUT2D eigenvalue weighted by atomic mass is 10.00. The molecule has 1 aliphatic heterocycles. The molecule has 0 saturated heterocycles. The van der Waals surface area contributed by atoms with E-state index in [1.54, 1.807) is 6.07 Å². The molecule has 0 aromatic carbocycles. The Morgan fingerprint density at radius 3 is 2.89 bits per heavy atom. The molecule has 1 amide bonds. The first-order chi connectivity index (χ1) is 8.99. The topological polar surface area (TPSA) is 79.7 Å². The van der Waals surface area contributed by atoms with Crippen LogP contribution >= 0.6 is 0 Å². The highest BCUT2D eigenvalue weighted by molar-refractivity contribution is 5.87. The first-order valence-corrected chi connectivity index (χ1v) is 6.13. The maximum atomic E-state index is 11.3. The predicted octanol–water partition coefficient (Wildman–Crippen LogP) is 1.96. The van der Waals surface area contributed by atoms with E-state index in [0.29, 0.717) is 11.5 Å². The summed E-state index contributed by atoms with van der Waals surface area (Å²) >= 11 is 0. The Labute approximate surface area is 111 Å². The number of ether oxygens (including phenoxy) is 1. The van der Waals surface area contributed by atoms with E-state index in [2.05, 4.69) is 4.98 Å². The molecule has 1 aromatic heterocycles. The van der Waals surface area contributed by atoms with Crippen molar-refractivity contribution in [3.05, 3.63) is 23.4 Å². The lowest BCUT2D eigenvalue weighted by Crippen LogP contribution is -2.42. The molecule has 0 radical (unpaired) electrons. The molecule has 2 rings (SSSR count). The molecule has 2 heterocycles. The van der Waals surface area contributed by atoms with Gasteiger partial charge >= 0.3 is 12.1 Å². The standard InChI is InChI=1S/C13H16N2O4/c1-8-3-4-10-5-6-11(7-19-9(2)16)14-12(10)15(8)13(17)18/h5-6,8H,3-4,7H2,1-2H3,(H,17,18). The van der Waals surface area contributed by atoms with Crippen LogP contribution in [0.4, 0.5) is 10.6 Å². The molecule has 0 aliphatic carbocycles. The van der Waals surface area contributed by atoms with Crippen LogP contribution in [0.2, 0.25) is 0 Å². The minimum atomic E-state index is -1.01. The van der Waals surface area contributed by atoms with E-state index in [9.17, 15) is 14.7 Å². The number of carboxylic acid groups (broad SMARTS) is 1. The molecule has 0 spiro atoms. The zero-order valence-corrected chi connectivity index (χ0v) is 10.9. The number of anilines is 1. The van der Waals surface area contributed by atoms with Crippen LogP contribution in [0.5, 0.6) is 0 Å². The molecular formula is C13H16N2O4. The van der Waals surface area contributed by atoms with E-state index < -0.39 is 6.09 Å². The molecule has 0 fully saturated rings. The number of aromatic nitrogens is 1. The Morgan fingerprint density at radius 1 is 1.53 bits per heavy atom. The van der Waals surface area contributed by atoms with Crippen LogP contribution in [-0.2, 0) is 22.6 Å². The molecule has 6 nitrogen and oxygen atoms in total. The Balaban J connectivity index is 2.30. The first kappa shape index (κ1) is 13.3. The van der Waals surface area contributed by atoms with Crippen LogP contribution in [-0.4, -0.2) is 28.2 Å². The van der Waals surface area contributed by atoms with Crippen LogP contribution < -0.4 is 4.90 Å².